The summed E-state index contributed by atoms with van der Waals surface area (Å²) < 4.78 is 0. The van der Waals surface area contributed by atoms with Crippen molar-refractivity contribution in [3.8, 4) is 44.5 Å². The average Bonchev–Trinajstić information content (AvgIpc) is 3.48. The van der Waals surface area contributed by atoms with E-state index in [0.29, 0.717) is 11.8 Å². The van der Waals surface area contributed by atoms with E-state index < -0.39 is 0 Å². The molecule has 3 aliphatic rings. The Bertz CT molecular complexity index is 2610. The number of rotatable bonds is 3. The minimum Gasteiger partial charge on any atom is -0.0729 e. The summed E-state index contributed by atoms with van der Waals surface area (Å²) in [6, 6.07) is 44.7. The lowest BCUT2D eigenvalue weighted by Crippen LogP contribution is -2.20. The van der Waals surface area contributed by atoms with Gasteiger partial charge in [0.15, 0.2) is 0 Å². The lowest BCUT2D eigenvalue weighted by atomic mass is 9.79. The van der Waals surface area contributed by atoms with Gasteiger partial charge in [0.1, 0.15) is 0 Å². The van der Waals surface area contributed by atoms with Crippen LogP contribution in [0.3, 0.4) is 0 Å². The predicted molar refractivity (Wildman–Crippen MR) is 209 cm³/mol. The third-order valence-electron chi connectivity index (χ3n) is 12.6. The van der Waals surface area contributed by atoms with Gasteiger partial charge in [-0.1, -0.05) is 145 Å². The van der Waals surface area contributed by atoms with E-state index >= 15 is 0 Å². The van der Waals surface area contributed by atoms with E-state index in [4.69, 9.17) is 0 Å². The predicted octanol–water partition coefficient (Wildman–Crippen LogP) is 12.3. The first-order chi connectivity index (χ1) is 23.6. The van der Waals surface area contributed by atoms with Crippen molar-refractivity contribution in [2.45, 2.75) is 58.8 Å². The van der Waals surface area contributed by atoms with E-state index in [0.717, 1.165) is 6.42 Å². The molecule has 3 aliphatic carbocycles. The Hall–Kier alpha value is -4.94. The van der Waals surface area contributed by atoms with E-state index in [1.54, 1.807) is 0 Å². The van der Waals surface area contributed by atoms with Crippen molar-refractivity contribution in [1.29, 1.82) is 0 Å². The molecule has 0 spiro atoms. The van der Waals surface area contributed by atoms with E-state index in [2.05, 4.69) is 163 Å². The fraction of sp³-hybridized carbons (Fsp3) is 0.224. The molecule has 238 valence electrons. The summed E-state index contributed by atoms with van der Waals surface area (Å²) in [5, 5.41) is 7.02. The summed E-state index contributed by atoms with van der Waals surface area (Å²) in [6.07, 6.45) is 3.67. The van der Waals surface area contributed by atoms with Gasteiger partial charge in [-0.2, -0.15) is 0 Å². The summed E-state index contributed by atoms with van der Waals surface area (Å²) >= 11 is 0. The van der Waals surface area contributed by atoms with Crippen LogP contribution < -0.4 is 5.22 Å². The maximum atomic E-state index is 2.53. The second-order valence-electron chi connectivity index (χ2n) is 16.4. The van der Waals surface area contributed by atoms with Gasteiger partial charge in [-0.3, -0.25) is 0 Å². The van der Waals surface area contributed by atoms with E-state index in [1.165, 1.54) is 99.1 Å². The van der Waals surface area contributed by atoms with Gasteiger partial charge in [-0.05, 0) is 136 Å². The van der Waals surface area contributed by atoms with Gasteiger partial charge in [0, 0.05) is 10.8 Å². The standard InChI is InChI=1S/C49H42/c1-28(2)35-23-33-12-11-29-13-18-36(41-22-17-34(24-35)46(33)47(29)41)32-16-21-40-39-20-15-31(26-44(39)49(5,6)45(40)27-32)30-14-19-38-37-9-7-8-10-42(37)48(3,4)43(38)25-30/h7-22,24-28,35H,23H2,1-6H3. The Morgan fingerprint density at radius 2 is 1.06 bits per heavy atom. The Kier molecular flexibility index (Phi) is 5.82. The number of fused-ring (bicyclic) bond motifs is 6. The second kappa shape index (κ2) is 9.82. The van der Waals surface area contributed by atoms with Crippen molar-refractivity contribution in [3.05, 3.63) is 148 Å². The first kappa shape index (κ1) is 29.0. The van der Waals surface area contributed by atoms with Crippen LogP contribution in [0.15, 0.2) is 115 Å². The minimum atomic E-state index is -0.103. The van der Waals surface area contributed by atoms with Crippen LogP contribution in [0, 0.1) is 11.8 Å². The molecule has 0 nitrogen and oxygen atoms in total. The topological polar surface area (TPSA) is 0 Å². The van der Waals surface area contributed by atoms with Crippen LogP contribution in [0.25, 0.3) is 72.1 Å². The molecular formula is C49H42. The molecule has 1 unspecified atom stereocenters. The zero-order chi connectivity index (χ0) is 33.4. The van der Waals surface area contributed by atoms with Crippen LogP contribution in [-0.4, -0.2) is 0 Å². The first-order valence-corrected chi connectivity index (χ1v) is 18.1. The van der Waals surface area contributed by atoms with Crippen molar-refractivity contribution in [2.24, 2.45) is 11.8 Å². The Morgan fingerprint density at radius 1 is 0.510 bits per heavy atom. The van der Waals surface area contributed by atoms with Crippen LogP contribution in [-0.2, 0) is 17.3 Å². The lowest BCUT2D eigenvalue weighted by Gasteiger charge is -2.25. The fourth-order valence-corrected chi connectivity index (χ4v) is 9.75. The highest BCUT2D eigenvalue weighted by Crippen LogP contribution is 2.53. The number of hydrogen-bond donors (Lipinski definition) is 0. The average molecular weight is 631 g/mol. The maximum Gasteiger partial charge on any atom is 0.0159 e. The van der Waals surface area contributed by atoms with Crippen molar-refractivity contribution in [1.82, 2.24) is 0 Å². The third-order valence-corrected chi connectivity index (χ3v) is 12.6. The van der Waals surface area contributed by atoms with Crippen LogP contribution in [0.1, 0.15) is 69.4 Å². The lowest BCUT2D eigenvalue weighted by molar-refractivity contribution is 0.485. The van der Waals surface area contributed by atoms with E-state index in [-0.39, 0.29) is 10.8 Å². The van der Waals surface area contributed by atoms with Crippen LogP contribution in [0.2, 0.25) is 0 Å². The molecule has 0 heteroatoms. The first-order valence-electron chi connectivity index (χ1n) is 18.1. The van der Waals surface area contributed by atoms with Crippen LogP contribution in [0.4, 0.5) is 0 Å². The van der Waals surface area contributed by atoms with Gasteiger partial charge in [0.2, 0.25) is 0 Å². The monoisotopic (exact) mass is 630 g/mol. The zero-order valence-electron chi connectivity index (χ0n) is 29.4. The zero-order valence-corrected chi connectivity index (χ0v) is 29.4. The van der Waals surface area contributed by atoms with Crippen LogP contribution in [0.5, 0.6) is 0 Å². The smallest absolute Gasteiger partial charge is 0.0159 e. The normalized spacial score (nSPS) is 17.6. The summed E-state index contributed by atoms with van der Waals surface area (Å²) in [5.74, 6) is 1.24. The number of benzene rings is 7. The summed E-state index contributed by atoms with van der Waals surface area (Å²) in [4.78, 5) is 0. The van der Waals surface area contributed by atoms with Crippen molar-refractivity contribution >= 4 is 27.6 Å². The van der Waals surface area contributed by atoms with Gasteiger partial charge in [-0.15, -0.1) is 0 Å². The Morgan fingerprint density at radius 3 is 1.73 bits per heavy atom. The van der Waals surface area contributed by atoms with E-state index in [9.17, 15) is 0 Å². The maximum absolute atomic E-state index is 2.53. The van der Waals surface area contributed by atoms with Crippen molar-refractivity contribution in [3.63, 3.8) is 0 Å². The molecule has 0 heterocycles. The fourth-order valence-electron chi connectivity index (χ4n) is 9.75. The molecule has 0 amide bonds. The van der Waals surface area contributed by atoms with E-state index in [1.807, 2.05) is 0 Å². The largest absolute Gasteiger partial charge is 0.0729 e. The summed E-state index contributed by atoms with van der Waals surface area (Å²) in [7, 11) is 0. The van der Waals surface area contributed by atoms with Crippen molar-refractivity contribution in [2.75, 3.05) is 0 Å². The van der Waals surface area contributed by atoms with Gasteiger partial charge in [0.25, 0.3) is 0 Å². The molecule has 49 heavy (non-hydrogen) atoms. The molecular weight excluding hydrogens is 589 g/mol. The Labute approximate surface area is 290 Å². The van der Waals surface area contributed by atoms with Crippen molar-refractivity contribution < 1.29 is 0 Å². The molecule has 0 radical (unpaired) electrons. The molecule has 10 rings (SSSR count). The quantitative estimate of drug-likeness (QED) is 0.182. The van der Waals surface area contributed by atoms with Crippen LogP contribution >= 0.6 is 0 Å². The van der Waals surface area contributed by atoms with Gasteiger partial charge >= 0.3 is 0 Å². The molecule has 0 aliphatic heterocycles. The Balaban J connectivity index is 1.07. The van der Waals surface area contributed by atoms with Gasteiger partial charge in [0.05, 0.1) is 0 Å². The molecule has 0 N–H and O–H groups in total. The molecule has 0 saturated heterocycles. The second-order valence-corrected chi connectivity index (χ2v) is 16.4. The highest BCUT2D eigenvalue weighted by molar-refractivity contribution is 6.16. The molecule has 0 fully saturated rings. The molecule has 0 aromatic heterocycles. The summed E-state index contributed by atoms with van der Waals surface area (Å²) in [5.41, 5.74) is 17.8. The molecule has 7 aromatic carbocycles. The molecule has 0 saturated carbocycles. The third kappa shape index (κ3) is 3.92. The van der Waals surface area contributed by atoms with Gasteiger partial charge < -0.3 is 0 Å². The highest BCUT2D eigenvalue weighted by Gasteiger charge is 2.37. The molecule has 1 atom stereocenters. The molecule has 0 bridgehead atoms. The molecule has 7 aromatic rings. The van der Waals surface area contributed by atoms with Gasteiger partial charge in [-0.25, -0.2) is 0 Å². The highest BCUT2D eigenvalue weighted by atomic mass is 14.4. The number of hydrogen-bond acceptors (Lipinski definition) is 0. The summed E-state index contributed by atoms with van der Waals surface area (Å²) in [6.45, 7) is 14.3. The minimum absolute atomic E-state index is 0.00445. The SMILES string of the molecule is CC(C)C1C=c2ccc3c(-c4ccc5c(c4)C(C)(C)c4cc(-c6ccc7c(c6)C(C)(C)c6ccccc6-7)ccc4-5)ccc4ccc(c2c43)C1.